The van der Waals surface area contributed by atoms with Gasteiger partial charge in [-0.15, -0.1) is 0 Å². The number of benzene rings is 2. The molecule has 0 aliphatic carbocycles. The van der Waals surface area contributed by atoms with Gasteiger partial charge in [-0.2, -0.15) is 0 Å². The van der Waals surface area contributed by atoms with E-state index in [1.807, 2.05) is 22.6 Å². The predicted molar refractivity (Wildman–Crippen MR) is 98.1 cm³/mol. The average Bonchev–Trinajstić information content (AvgIpc) is 2.59. The van der Waals surface area contributed by atoms with E-state index < -0.39 is 40.9 Å². The minimum Gasteiger partial charge on any atom is -0.350 e. The van der Waals surface area contributed by atoms with E-state index in [9.17, 15) is 22.8 Å². The molecule has 27 heavy (non-hydrogen) atoms. The Hall–Kier alpha value is -2.34. The highest BCUT2D eigenvalue weighted by Crippen LogP contribution is 2.30. The third kappa shape index (κ3) is 3.86. The van der Waals surface area contributed by atoms with Crippen LogP contribution < -0.4 is 10.8 Å². The van der Waals surface area contributed by atoms with Crippen LogP contribution in [-0.2, 0) is 4.79 Å². The fourth-order valence-electron chi connectivity index (χ4n) is 2.65. The van der Waals surface area contributed by atoms with E-state index >= 15 is 0 Å². The zero-order chi connectivity index (χ0) is 19.7. The molecule has 1 aliphatic heterocycles. The number of nitrogens with one attached hydrogen (secondary N) is 2. The molecule has 1 heterocycles. The number of anilines is 2. The number of hydroxylamine groups is 1. The van der Waals surface area contributed by atoms with Gasteiger partial charge in [-0.25, -0.2) is 18.7 Å². The third-order valence-electron chi connectivity index (χ3n) is 4.17. The molecule has 10 heteroatoms. The maximum atomic E-state index is 14.3. The topological polar surface area (TPSA) is 81.7 Å². The fraction of sp³-hybridized carbons (Fsp3) is 0.176. The van der Waals surface area contributed by atoms with Gasteiger partial charge in [-0.3, -0.25) is 14.8 Å². The Morgan fingerprint density at radius 1 is 1.11 bits per heavy atom. The van der Waals surface area contributed by atoms with Crippen molar-refractivity contribution in [1.29, 1.82) is 0 Å². The maximum absolute atomic E-state index is 14.3. The van der Waals surface area contributed by atoms with Crippen molar-refractivity contribution in [1.82, 2.24) is 10.4 Å². The molecular formula is C17H13F3IN3O3. The minimum absolute atomic E-state index is 0.0154. The van der Waals surface area contributed by atoms with Crippen LogP contribution in [0.4, 0.5) is 24.5 Å². The van der Waals surface area contributed by atoms with E-state index in [2.05, 4.69) is 5.32 Å². The van der Waals surface area contributed by atoms with Crippen molar-refractivity contribution in [2.45, 2.75) is 0 Å². The number of halogens is 4. The van der Waals surface area contributed by atoms with Gasteiger partial charge in [-0.05, 0) is 52.9 Å². The summed E-state index contributed by atoms with van der Waals surface area (Å²) in [6.07, 6.45) is 0. The molecule has 3 rings (SSSR count). The summed E-state index contributed by atoms with van der Waals surface area (Å²) >= 11 is 1.90. The molecule has 1 saturated heterocycles. The van der Waals surface area contributed by atoms with E-state index in [1.165, 1.54) is 22.5 Å². The summed E-state index contributed by atoms with van der Waals surface area (Å²) < 4.78 is 42.7. The van der Waals surface area contributed by atoms with E-state index in [1.54, 1.807) is 6.07 Å². The molecule has 6 nitrogen and oxygen atoms in total. The lowest BCUT2D eigenvalue weighted by Gasteiger charge is -2.38. The molecule has 0 bridgehead atoms. The first-order valence-electron chi connectivity index (χ1n) is 7.75. The van der Waals surface area contributed by atoms with Crippen LogP contribution in [0.25, 0.3) is 0 Å². The highest BCUT2D eigenvalue weighted by atomic mass is 127. The van der Waals surface area contributed by atoms with Crippen LogP contribution in [0.2, 0.25) is 0 Å². The lowest BCUT2D eigenvalue weighted by atomic mass is 9.97. The fourth-order valence-corrected chi connectivity index (χ4v) is 3.10. The summed E-state index contributed by atoms with van der Waals surface area (Å²) in [6.45, 7) is 0.0309. The van der Waals surface area contributed by atoms with E-state index in [0.717, 1.165) is 12.1 Å². The molecule has 3 N–H and O–H groups in total. The second-order valence-electron chi connectivity index (χ2n) is 5.92. The van der Waals surface area contributed by atoms with Gasteiger partial charge in [0.1, 0.15) is 5.82 Å². The average molecular weight is 491 g/mol. The van der Waals surface area contributed by atoms with Crippen LogP contribution in [0.5, 0.6) is 0 Å². The Morgan fingerprint density at radius 3 is 2.44 bits per heavy atom. The summed E-state index contributed by atoms with van der Waals surface area (Å²) in [4.78, 5) is 25.2. The van der Waals surface area contributed by atoms with Crippen molar-refractivity contribution in [2.75, 3.05) is 18.4 Å². The van der Waals surface area contributed by atoms with Crippen LogP contribution in [-0.4, -0.2) is 35.0 Å². The first kappa shape index (κ1) is 19.4. The van der Waals surface area contributed by atoms with E-state index in [-0.39, 0.29) is 24.3 Å². The lowest BCUT2D eigenvalue weighted by Crippen LogP contribution is -2.55. The molecule has 142 valence electrons. The number of carbonyl (C=O) groups excluding carboxylic acids is 2. The molecule has 1 aliphatic rings. The van der Waals surface area contributed by atoms with Gasteiger partial charge < -0.3 is 10.2 Å². The van der Waals surface area contributed by atoms with Gasteiger partial charge in [0.25, 0.3) is 5.91 Å². The van der Waals surface area contributed by atoms with Crippen LogP contribution >= 0.6 is 22.6 Å². The van der Waals surface area contributed by atoms with Crippen LogP contribution in [0.15, 0.2) is 30.3 Å². The zero-order valence-electron chi connectivity index (χ0n) is 13.6. The SMILES string of the molecule is O=C(NO)C1CN(C(=O)c2ccc(F)c(F)c2Nc2ccc(I)cc2F)C1. The van der Waals surface area contributed by atoms with Gasteiger partial charge >= 0.3 is 0 Å². The molecule has 2 aromatic rings. The highest BCUT2D eigenvalue weighted by molar-refractivity contribution is 14.1. The smallest absolute Gasteiger partial charge is 0.256 e. The number of amides is 2. The van der Waals surface area contributed by atoms with Crippen molar-refractivity contribution in [3.05, 3.63) is 56.9 Å². The van der Waals surface area contributed by atoms with Crippen molar-refractivity contribution < 1.29 is 28.0 Å². The predicted octanol–water partition coefficient (Wildman–Crippen LogP) is 3.03. The largest absolute Gasteiger partial charge is 0.350 e. The molecule has 2 aromatic carbocycles. The Bertz CT molecular complexity index is 920. The number of carbonyl (C=O) groups is 2. The Morgan fingerprint density at radius 2 is 1.81 bits per heavy atom. The first-order chi connectivity index (χ1) is 12.8. The minimum atomic E-state index is -1.32. The summed E-state index contributed by atoms with van der Waals surface area (Å²) in [5.41, 5.74) is 0.691. The monoisotopic (exact) mass is 491 g/mol. The van der Waals surface area contributed by atoms with Crippen molar-refractivity contribution >= 4 is 45.8 Å². The Labute approximate surface area is 165 Å². The number of hydrogen-bond donors (Lipinski definition) is 3. The first-order valence-corrected chi connectivity index (χ1v) is 8.83. The third-order valence-corrected chi connectivity index (χ3v) is 4.84. The molecule has 0 atom stereocenters. The lowest BCUT2D eigenvalue weighted by molar-refractivity contribution is -0.137. The molecule has 0 aromatic heterocycles. The standard InChI is InChI=1S/C17H13F3IN3O3/c18-11-3-2-10(17(26)24-6-8(7-24)16(25)23-27)15(14(11)20)22-13-4-1-9(21)5-12(13)19/h1-5,8,22,27H,6-7H2,(H,23,25). The summed E-state index contributed by atoms with van der Waals surface area (Å²) in [5, 5.41) is 11.0. The van der Waals surface area contributed by atoms with Crippen LogP contribution in [0.1, 0.15) is 10.4 Å². The summed E-state index contributed by atoms with van der Waals surface area (Å²) in [7, 11) is 0. The molecule has 0 spiro atoms. The summed E-state index contributed by atoms with van der Waals surface area (Å²) in [6, 6.07) is 6.01. The highest BCUT2D eigenvalue weighted by Gasteiger charge is 2.37. The van der Waals surface area contributed by atoms with Crippen LogP contribution in [0.3, 0.4) is 0 Å². The second kappa shape index (κ2) is 7.72. The Kier molecular flexibility index (Phi) is 5.56. The van der Waals surface area contributed by atoms with Gasteiger partial charge in [0.2, 0.25) is 5.91 Å². The molecule has 2 amide bonds. The van der Waals surface area contributed by atoms with Gasteiger partial charge in [0.05, 0.1) is 22.9 Å². The maximum Gasteiger partial charge on any atom is 0.256 e. The number of rotatable bonds is 4. The molecule has 1 fully saturated rings. The Balaban J connectivity index is 1.89. The molecule has 0 unspecified atom stereocenters. The molecule has 0 saturated carbocycles. The zero-order valence-corrected chi connectivity index (χ0v) is 15.8. The van der Waals surface area contributed by atoms with Crippen LogP contribution in [0, 0.1) is 26.9 Å². The van der Waals surface area contributed by atoms with E-state index in [4.69, 9.17) is 5.21 Å². The normalized spacial score (nSPS) is 13.9. The quantitative estimate of drug-likeness (QED) is 0.349. The number of nitrogens with zero attached hydrogens (tertiary/aromatic N) is 1. The van der Waals surface area contributed by atoms with Crippen molar-refractivity contribution in [3.8, 4) is 0 Å². The van der Waals surface area contributed by atoms with Gasteiger partial charge in [0.15, 0.2) is 11.6 Å². The number of likely N-dealkylation sites (tertiary alicyclic amines) is 1. The van der Waals surface area contributed by atoms with E-state index in [0.29, 0.717) is 3.57 Å². The molecular weight excluding hydrogens is 478 g/mol. The van der Waals surface area contributed by atoms with Gasteiger partial charge in [0, 0.05) is 16.7 Å². The molecule has 0 radical (unpaired) electrons. The van der Waals surface area contributed by atoms with Crippen molar-refractivity contribution in [3.63, 3.8) is 0 Å². The van der Waals surface area contributed by atoms with Gasteiger partial charge in [-0.1, -0.05) is 0 Å². The summed E-state index contributed by atoms with van der Waals surface area (Å²) in [5.74, 6) is -5.07. The number of hydrogen-bond acceptors (Lipinski definition) is 4. The van der Waals surface area contributed by atoms with Crippen molar-refractivity contribution in [2.24, 2.45) is 5.92 Å². The second-order valence-corrected chi connectivity index (χ2v) is 7.16.